The molecule has 2 nitrogen and oxygen atoms in total. The lowest BCUT2D eigenvalue weighted by Gasteiger charge is -2.13. The van der Waals surface area contributed by atoms with Crippen molar-refractivity contribution in [1.82, 2.24) is 5.32 Å². The molecule has 0 aliphatic carbocycles. The normalized spacial score (nSPS) is 13.1. The number of rotatable bonds is 6. The molecule has 0 saturated heterocycles. The van der Waals surface area contributed by atoms with E-state index >= 15 is 0 Å². The van der Waals surface area contributed by atoms with Crippen LogP contribution in [0.3, 0.4) is 0 Å². The summed E-state index contributed by atoms with van der Waals surface area (Å²) < 4.78 is 25.9. The van der Waals surface area contributed by atoms with Gasteiger partial charge in [-0.15, -0.1) is 11.8 Å². The van der Waals surface area contributed by atoms with Gasteiger partial charge in [-0.3, -0.25) is 0 Å². The van der Waals surface area contributed by atoms with Gasteiger partial charge in [0.2, 0.25) is 0 Å². The summed E-state index contributed by atoms with van der Waals surface area (Å²) in [5.74, 6) is -0.796. The van der Waals surface area contributed by atoms with Gasteiger partial charge in [-0.2, -0.15) is 0 Å². The van der Waals surface area contributed by atoms with E-state index in [0.29, 0.717) is 23.2 Å². The molecule has 0 aliphatic rings. The molecule has 17 heavy (non-hydrogen) atoms. The third-order valence-electron chi connectivity index (χ3n) is 2.09. The third kappa shape index (κ3) is 5.48. The van der Waals surface area contributed by atoms with Gasteiger partial charge in [0.05, 0.1) is 6.10 Å². The minimum atomic E-state index is -0.589. The molecule has 96 valence electrons. The lowest BCUT2D eigenvalue weighted by Crippen LogP contribution is -2.33. The number of aliphatic hydroxyl groups is 1. The average molecular weight is 261 g/mol. The average Bonchev–Trinajstić information content (AvgIpc) is 2.25. The van der Waals surface area contributed by atoms with E-state index < -0.39 is 17.7 Å². The number of benzene rings is 1. The summed E-state index contributed by atoms with van der Waals surface area (Å²) in [6.45, 7) is 4.44. The van der Waals surface area contributed by atoms with Gasteiger partial charge >= 0.3 is 0 Å². The molecular formula is C12H17F2NOS. The molecule has 1 aromatic carbocycles. The van der Waals surface area contributed by atoms with Gasteiger partial charge in [0.15, 0.2) is 0 Å². The molecule has 0 aromatic heterocycles. The summed E-state index contributed by atoms with van der Waals surface area (Å²) >= 11 is 1.18. The number of nitrogens with one attached hydrogen (secondary N) is 1. The van der Waals surface area contributed by atoms with Crippen molar-refractivity contribution in [1.29, 1.82) is 0 Å². The minimum absolute atomic E-state index is 0.303. The Labute approximate surface area is 104 Å². The summed E-state index contributed by atoms with van der Waals surface area (Å²) in [5.41, 5.74) is 0. The van der Waals surface area contributed by atoms with Gasteiger partial charge in [0, 0.05) is 29.3 Å². The number of thioether (sulfide) groups is 1. The van der Waals surface area contributed by atoms with Gasteiger partial charge in [-0.05, 0) is 12.1 Å². The number of hydrogen-bond acceptors (Lipinski definition) is 3. The highest BCUT2D eigenvalue weighted by Gasteiger charge is 2.09. The van der Waals surface area contributed by atoms with Gasteiger partial charge in [0.25, 0.3) is 0 Å². The molecule has 5 heteroatoms. The Morgan fingerprint density at radius 1 is 1.35 bits per heavy atom. The van der Waals surface area contributed by atoms with Crippen molar-refractivity contribution < 1.29 is 13.9 Å². The SMILES string of the molecule is CC(C)NCC(O)CSc1ccc(F)cc1F. The molecule has 0 amide bonds. The first kappa shape index (κ1) is 14.4. The maximum Gasteiger partial charge on any atom is 0.139 e. The fourth-order valence-electron chi connectivity index (χ4n) is 1.21. The summed E-state index contributed by atoms with van der Waals surface area (Å²) in [6, 6.07) is 3.75. The molecule has 0 spiro atoms. The van der Waals surface area contributed by atoms with Crippen LogP contribution < -0.4 is 5.32 Å². The van der Waals surface area contributed by atoms with Gasteiger partial charge in [-0.1, -0.05) is 13.8 Å². The van der Waals surface area contributed by atoms with Crippen molar-refractivity contribution in [2.45, 2.75) is 30.9 Å². The first-order chi connectivity index (χ1) is 7.99. The van der Waals surface area contributed by atoms with E-state index in [1.165, 1.54) is 23.9 Å². The molecule has 0 saturated carbocycles. The van der Waals surface area contributed by atoms with Crippen molar-refractivity contribution >= 4 is 11.8 Å². The predicted molar refractivity (Wildman–Crippen MR) is 66.2 cm³/mol. The summed E-state index contributed by atoms with van der Waals surface area (Å²) in [4.78, 5) is 0.356. The molecule has 0 aliphatic heterocycles. The second kappa shape index (κ2) is 6.93. The molecule has 1 unspecified atom stereocenters. The fraction of sp³-hybridized carbons (Fsp3) is 0.500. The van der Waals surface area contributed by atoms with Crippen LogP contribution in [0.1, 0.15) is 13.8 Å². The van der Waals surface area contributed by atoms with E-state index in [4.69, 9.17) is 0 Å². The highest BCUT2D eigenvalue weighted by molar-refractivity contribution is 7.99. The Morgan fingerprint density at radius 2 is 2.06 bits per heavy atom. The third-order valence-corrected chi connectivity index (χ3v) is 3.28. The van der Waals surface area contributed by atoms with E-state index in [1.807, 2.05) is 13.8 Å². The van der Waals surface area contributed by atoms with Crippen molar-refractivity contribution in [3.8, 4) is 0 Å². The van der Waals surface area contributed by atoms with E-state index in [9.17, 15) is 13.9 Å². The van der Waals surface area contributed by atoms with Crippen molar-refractivity contribution in [3.05, 3.63) is 29.8 Å². The van der Waals surface area contributed by atoms with Crippen LogP contribution in [0.15, 0.2) is 23.1 Å². The van der Waals surface area contributed by atoms with Crippen LogP contribution in [-0.2, 0) is 0 Å². The summed E-state index contributed by atoms with van der Waals surface area (Å²) in [5, 5.41) is 12.7. The Balaban J connectivity index is 2.39. The van der Waals surface area contributed by atoms with Crippen LogP contribution in [0.25, 0.3) is 0 Å². The van der Waals surface area contributed by atoms with Crippen LogP contribution >= 0.6 is 11.8 Å². The Morgan fingerprint density at radius 3 is 2.65 bits per heavy atom. The Bertz CT molecular complexity index is 360. The van der Waals surface area contributed by atoms with Gasteiger partial charge in [-0.25, -0.2) is 8.78 Å². The van der Waals surface area contributed by atoms with Gasteiger partial charge < -0.3 is 10.4 Å². The molecule has 0 heterocycles. The zero-order valence-electron chi connectivity index (χ0n) is 9.91. The van der Waals surface area contributed by atoms with Crippen LogP contribution in [0, 0.1) is 11.6 Å². The van der Waals surface area contributed by atoms with Crippen LogP contribution in [0.5, 0.6) is 0 Å². The smallest absolute Gasteiger partial charge is 0.139 e. The number of halogens is 2. The molecule has 2 N–H and O–H groups in total. The zero-order valence-corrected chi connectivity index (χ0v) is 10.7. The summed E-state index contributed by atoms with van der Waals surface area (Å²) in [6.07, 6.45) is -0.549. The van der Waals surface area contributed by atoms with E-state index in [0.717, 1.165) is 6.07 Å². The molecule has 0 bridgehead atoms. The second-order valence-corrected chi connectivity index (χ2v) is 5.16. The highest BCUT2D eigenvalue weighted by atomic mass is 32.2. The second-order valence-electron chi connectivity index (χ2n) is 4.10. The Hall–Kier alpha value is -0.650. The van der Waals surface area contributed by atoms with Crippen LogP contribution in [-0.4, -0.2) is 29.5 Å². The summed E-state index contributed by atoms with van der Waals surface area (Å²) in [7, 11) is 0. The Kier molecular flexibility index (Phi) is 5.88. The topological polar surface area (TPSA) is 32.3 Å². The van der Waals surface area contributed by atoms with Crippen LogP contribution in [0.4, 0.5) is 8.78 Å². The first-order valence-electron chi connectivity index (χ1n) is 5.48. The lowest BCUT2D eigenvalue weighted by molar-refractivity contribution is 0.192. The van der Waals surface area contributed by atoms with Crippen LogP contribution in [0.2, 0.25) is 0 Å². The quantitative estimate of drug-likeness (QED) is 0.771. The molecule has 1 aromatic rings. The van der Waals surface area contributed by atoms with Crippen molar-refractivity contribution in [2.24, 2.45) is 0 Å². The number of hydrogen-bond donors (Lipinski definition) is 2. The monoisotopic (exact) mass is 261 g/mol. The van der Waals surface area contributed by atoms with E-state index in [1.54, 1.807) is 0 Å². The molecular weight excluding hydrogens is 244 g/mol. The molecule has 1 atom stereocenters. The van der Waals surface area contributed by atoms with Crippen molar-refractivity contribution in [3.63, 3.8) is 0 Å². The largest absolute Gasteiger partial charge is 0.391 e. The molecule has 1 rings (SSSR count). The first-order valence-corrected chi connectivity index (χ1v) is 6.47. The van der Waals surface area contributed by atoms with Crippen molar-refractivity contribution in [2.75, 3.05) is 12.3 Å². The predicted octanol–water partition coefficient (Wildman–Crippen LogP) is 2.42. The lowest BCUT2D eigenvalue weighted by atomic mass is 10.3. The minimum Gasteiger partial charge on any atom is -0.391 e. The van der Waals surface area contributed by atoms with E-state index in [-0.39, 0.29) is 0 Å². The maximum absolute atomic E-state index is 13.3. The fourth-order valence-corrected chi connectivity index (χ4v) is 2.06. The zero-order chi connectivity index (χ0) is 12.8. The molecule has 0 radical (unpaired) electrons. The molecule has 0 fully saturated rings. The maximum atomic E-state index is 13.3. The van der Waals surface area contributed by atoms with Gasteiger partial charge in [0.1, 0.15) is 11.6 Å². The number of aliphatic hydroxyl groups excluding tert-OH is 1. The highest BCUT2D eigenvalue weighted by Crippen LogP contribution is 2.22. The standard InChI is InChI=1S/C12H17F2NOS/c1-8(2)15-6-10(16)7-17-12-4-3-9(13)5-11(12)14/h3-5,8,10,15-16H,6-7H2,1-2H3. The van der Waals surface area contributed by atoms with E-state index in [2.05, 4.69) is 5.32 Å².